The number of amides is 1. The Hall–Kier alpha value is -3.29. The van der Waals surface area contributed by atoms with Crippen molar-refractivity contribution in [2.75, 3.05) is 20.3 Å². The maximum Gasteiger partial charge on any atom is 0.339 e. The highest BCUT2D eigenvalue weighted by atomic mass is 19.1. The monoisotopic (exact) mass is 389 g/mol. The molecule has 0 bridgehead atoms. The Bertz CT molecular complexity index is 850. The Morgan fingerprint density at radius 2 is 1.89 bits per heavy atom. The van der Waals surface area contributed by atoms with E-state index >= 15 is 0 Å². The van der Waals surface area contributed by atoms with Crippen LogP contribution < -0.4 is 19.5 Å². The highest BCUT2D eigenvalue weighted by Crippen LogP contribution is 2.40. The zero-order valence-corrected chi connectivity index (χ0v) is 15.5. The van der Waals surface area contributed by atoms with E-state index in [1.165, 1.54) is 38.3 Å². The number of nitrogens with one attached hydrogen (secondary N) is 1. The molecule has 2 aromatic rings. The normalized spacial score (nSPS) is 13.4. The molecule has 1 heterocycles. The molecule has 0 spiro atoms. The zero-order valence-electron chi connectivity index (χ0n) is 15.5. The molecule has 0 aliphatic carbocycles. The van der Waals surface area contributed by atoms with Gasteiger partial charge in [-0.25, -0.2) is 9.18 Å². The van der Waals surface area contributed by atoms with Crippen LogP contribution in [-0.4, -0.2) is 38.3 Å². The van der Waals surface area contributed by atoms with Gasteiger partial charge in [0.05, 0.1) is 12.7 Å². The maximum atomic E-state index is 12.9. The Kier molecular flexibility index (Phi) is 5.98. The highest BCUT2D eigenvalue weighted by molar-refractivity contribution is 5.93. The van der Waals surface area contributed by atoms with Crippen molar-refractivity contribution < 1.29 is 32.9 Å². The molecule has 2 aromatic carbocycles. The predicted molar refractivity (Wildman–Crippen MR) is 97.1 cm³/mol. The summed E-state index contributed by atoms with van der Waals surface area (Å²) in [6.45, 7) is 2.40. The molecule has 148 valence electrons. The minimum absolute atomic E-state index is 0.180. The van der Waals surface area contributed by atoms with Crippen LogP contribution in [0.4, 0.5) is 4.39 Å². The molecule has 3 rings (SSSR count). The van der Waals surface area contributed by atoms with Crippen LogP contribution in [0.15, 0.2) is 36.4 Å². The molecule has 1 atom stereocenters. The lowest BCUT2D eigenvalue weighted by molar-refractivity contribution is -0.129. The third kappa shape index (κ3) is 4.51. The molecule has 8 heteroatoms. The van der Waals surface area contributed by atoms with Crippen LogP contribution in [0.3, 0.4) is 0 Å². The quantitative estimate of drug-likeness (QED) is 0.765. The standard InChI is InChI=1S/C20H20FNO6/c1-12(19(23)22-11-13-3-5-15(21)6-4-13)28-20(24)14-9-16(25-2)18-17(10-14)26-7-8-27-18/h3-6,9-10,12H,7-8,11H2,1-2H3,(H,22,23)/t12-/m0/s1. The third-order valence-corrected chi connectivity index (χ3v) is 4.10. The highest BCUT2D eigenvalue weighted by Gasteiger charge is 2.24. The van der Waals surface area contributed by atoms with Gasteiger partial charge in [-0.05, 0) is 36.8 Å². The summed E-state index contributed by atoms with van der Waals surface area (Å²) < 4.78 is 34.4. The van der Waals surface area contributed by atoms with Crippen molar-refractivity contribution in [2.24, 2.45) is 0 Å². The van der Waals surface area contributed by atoms with Crippen molar-refractivity contribution in [1.29, 1.82) is 0 Å². The molecule has 0 unspecified atom stereocenters. The fourth-order valence-electron chi connectivity index (χ4n) is 2.61. The van der Waals surface area contributed by atoms with Gasteiger partial charge < -0.3 is 24.3 Å². The SMILES string of the molecule is COc1cc(C(=O)O[C@@H](C)C(=O)NCc2ccc(F)cc2)cc2c1OCCO2. The summed E-state index contributed by atoms with van der Waals surface area (Å²) in [6.07, 6.45) is -1.02. The number of carbonyl (C=O) groups excluding carboxylic acids is 2. The summed E-state index contributed by atoms with van der Waals surface area (Å²) in [6, 6.07) is 8.70. The summed E-state index contributed by atoms with van der Waals surface area (Å²) in [5.74, 6) is -0.368. The fourth-order valence-corrected chi connectivity index (χ4v) is 2.61. The van der Waals surface area contributed by atoms with E-state index < -0.39 is 18.0 Å². The van der Waals surface area contributed by atoms with Gasteiger partial charge in [-0.15, -0.1) is 0 Å². The van der Waals surface area contributed by atoms with Crippen molar-refractivity contribution in [3.63, 3.8) is 0 Å². The van der Waals surface area contributed by atoms with Gasteiger partial charge in [-0.2, -0.15) is 0 Å². The minimum atomic E-state index is -1.02. The number of hydrogen-bond donors (Lipinski definition) is 1. The molecule has 1 aliphatic heterocycles. The van der Waals surface area contributed by atoms with Crippen LogP contribution in [0.2, 0.25) is 0 Å². The van der Waals surface area contributed by atoms with E-state index in [1.807, 2.05) is 0 Å². The van der Waals surface area contributed by atoms with Crippen LogP contribution in [0.5, 0.6) is 17.2 Å². The number of hydrogen-bond acceptors (Lipinski definition) is 6. The van der Waals surface area contributed by atoms with Gasteiger partial charge in [0.15, 0.2) is 17.6 Å². The molecule has 1 N–H and O–H groups in total. The molecule has 0 saturated carbocycles. The lowest BCUT2D eigenvalue weighted by Gasteiger charge is -2.21. The van der Waals surface area contributed by atoms with E-state index in [1.54, 1.807) is 12.1 Å². The minimum Gasteiger partial charge on any atom is -0.493 e. The Morgan fingerprint density at radius 3 is 2.61 bits per heavy atom. The first-order valence-corrected chi connectivity index (χ1v) is 8.68. The predicted octanol–water partition coefficient (Wildman–Crippen LogP) is 2.47. The fraction of sp³-hybridized carbons (Fsp3) is 0.300. The van der Waals surface area contributed by atoms with Gasteiger partial charge in [-0.3, -0.25) is 4.79 Å². The number of methoxy groups -OCH3 is 1. The van der Waals surface area contributed by atoms with E-state index in [-0.39, 0.29) is 17.9 Å². The lowest BCUT2D eigenvalue weighted by Crippen LogP contribution is -2.35. The van der Waals surface area contributed by atoms with Gasteiger partial charge in [0.1, 0.15) is 19.0 Å². The van der Waals surface area contributed by atoms with E-state index in [0.29, 0.717) is 30.5 Å². The van der Waals surface area contributed by atoms with Crippen molar-refractivity contribution in [3.05, 3.63) is 53.3 Å². The number of fused-ring (bicyclic) bond motifs is 1. The summed E-state index contributed by atoms with van der Waals surface area (Å²) in [4.78, 5) is 24.6. The molecule has 0 radical (unpaired) electrons. The van der Waals surface area contributed by atoms with E-state index in [0.717, 1.165) is 5.56 Å². The van der Waals surface area contributed by atoms with E-state index in [4.69, 9.17) is 18.9 Å². The second-order valence-electron chi connectivity index (χ2n) is 6.09. The third-order valence-electron chi connectivity index (χ3n) is 4.10. The Labute approximate surface area is 161 Å². The van der Waals surface area contributed by atoms with Gasteiger partial charge in [0, 0.05) is 6.54 Å². The van der Waals surface area contributed by atoms with Gasteiger partial charge in [0.2, 0.25) is 5.75 Å². The first kappa shape index (κ1) is 19.5. The first-order valence-electron chi connectivity index (χ1n) is 8.68. The van der Waals surface area contributed by atoms with E-state index in [9.17, 15) is 14.0 Å². The second kappa shape index (κ2) is 8.60. The summed E-state index contributed by atoms with van der Waals surface area (Å²) in [5.41, 5.74) is 0.907. The Morgan fingerprint density at radius 1 is 1.18 bits per heavy atom. The smallest absolute Gasteiger partial charge is 0.339 e. The van der Waals surface area contributed by atoms with Gasteiger partial charge in [-0.1, -0.05) is 12.1 Å². The van der Waals surface area contributed by atoms with Crippen LogP contribution in [0.1, 0.15) is 22.8 Å². The van der Waals surface area contributed by atoms with Crippen molar-refractivity contribution in [1.82, 2.24) is 5.32 Å². The van der Waals surface area contributed by atoms with Gasteiger partial charge in [0.25, 0.3) is 5.91 Å². The zero-order chi connectivity index (χ0) is 20.1. The first-order chi connectivity index (χ1) is 13.5. The van der Waals surface area contributed by atoms with Crippen LogP contribution in [-0.2, 0) is 16.1 Å². The average Bonchev–Trinajstić information content (AvgIpc) is 2.72. The molecule has 28 heavy (non-hydrogen) atoms. The molecule has 1 aliphatic rings. The number of esters is 1. The molecular weight excluding hydrogens is 369 g/mol. The second-order valence-corrected chi connectivity index (χ2v) is 6.09. The molecule has 0 aromatic heterocycles. The topological polar surface area (TPSA) is 83.1 Å². The van der Waals surface area contributed by atoms with Crippen LogP contribution in [0, 0.1) is 5.82 Å². The number of halogens is 1. The van der Waals surface area contributed by atoms with Crippen molar-refractivity contribution in [2.45, 2.75) is 19.6 Å². The number of carbonyl (C=O) groups is 2. The largest absolute Gasteiger partial charge is 0.493 e. The van der Waals surface area contributed by atoms with Crippen LogP contribution in [0.25, 0.3) is 0 Å². The number of rotatable bonds is 6. The molecule has 7 nitrogen and oxygen atoms in total. The lowest BCUT2D eigenvalue weighted by atomic mass is 10.1. The molecule has 0 saturated heterocycles. The van der Waals surface area contributed by atoms with Crippen molar-refractivity contribution in [3.8, 4) is 17.2 Å². The maximum absolute atomic E-state index is 12.9. The summed E-state index contributed by atoms with van der Waals surface area (Å²) in [7, 11) is 1.45. The molecule has 0 fully saturated rings. The van der Waals surface area contributed by atoms with E-state index in [2.05, 4.69) is 5.32 Å². The summed E-state index contributed by atoms with van der Waals surface area (Å²) in [5, 5.41) is 2.64. The Balaban J connectivity index is 1.61. The van der Waals surface area contributed by atoms with Crippen LogP contribution >= 0.6 is 0 Å². The number of ether oxygens (including phenoxy) is 4. The van der Waals surface area contributed by atoms with Gasteiger partial charge >= 0.3 is 5.97 Å². The summed E-state index contributed by atoms with van der Waals surface area (Å²) >= 11 is 0. The van der Waals surface area contributed by atoms with Crippen molar-refractivity contribution >= 4 is 11.9 Å². The molecular formula is C20H20FNO6. The molecule has 1 amide bonds. The average molecular weight is 389 g/mol. The number of benzene rings is 2.